The highest BCUT2D eigenvalue weighted by Gasteiger charge is 2.11. The Kier molecular flexibility index (Phi) is 6.37. The molecule has 120 valence electrons. The lowest BCUT2D eigenvalue weighted by molar-refractivity contribution is -0.150. The first-order chi connectivity index (χ1) is 10.3. The van der Waals surface area contributed by atoms with Gasteiger partial charge in [-0.2, -0.15) is 0 Å². The van der Waals surface area contributed by atoms with Gasteiger partial charge in [0.2, 0.25) is 5.91 Å². The van der Waals surface area contributed by atoms with Crippen LogP contribution in [0.15, 0.2) is 12.1 Å². The first kappa shape index (κ1) is 17.5. The average molecular weight is 308 g/mol. The molecule has 0 aliphatic carbocycles. The maximum absolute atomic E-state index is 11.5. The molecule has 7 heteroatoms. The van der Waals surface area contributed by atoms with Crippen molar-refractivity contribution >= 4 is 17.8 Å². The molecular weight excluding hydrogens is 288 g/mol. The average Bonchev–Trinajstić information content (AvgIpc) is 2.41. The number of benzene rings is 1. The van der Waals surface area contributed by atoms with Crippen LogP contribution in [0.4, 0.5) is 0 Å². The van der Waals surface area contributed by atoms with E-state index in [0.29, 0.717) is 5.75 Å². The second kappa shape index (κ2) is 8.02. The van der Waals surface area contributed by atoms with E-state index in [4.69, 9.17) is 9.47 Å². The predicted molar refractivity (Wildman–Crippen MR) is 79.1 cm³/mol. The zero-order valence-corrected chi connectivity index (χ0v) is 13.1. The Morgan fingerprint density at radius 3 is 2.14 bits per heavy atom. The third-order valence-corrected chi connectivity index (χ3v) is 2.68. The lowest BCUT2D eigenvalue weighted by atomic mass is 10.1. The zero-order chi connectivity index (χ0) is 16.7. The number of hydrogen-bond donors (Lipinski definition) is 2. The summed E-state index contributed by atoms with van der Waals surface area (Å²) in [6.45, 7) is 6.22. The maximum atomic E-state index is 11.5. The van der Waals surface area contributed by atoms with Crippen molar-refractivity contribution in [3.63, 3.8) is 0 Å². The van der Waals surface area contributed by atoms with Gasteiger partial charge in [0.05, 0.1) is 0 Å². The lowest BCUT2D eigenvalue weighted by Gasteiger charge is -2.12. The van der Waals surface area contributed by atoms with E-state index in [1.54, 1.807) is 0 Å². The zero-order valence-electron chi connectivity index (χ0n) is 13.1. The van der Waals surface area contributed by atoms with Crippen LogP contribution in [-0.2, 0) is 19.1 Å². The van der Waals surface area contributed by atoms with Crippen molar-refractivity contribution in [3.8, 4) is 5.75 Å². The highest BCUT2D eigenvalue weighted by atomic mass is 16.6. The van der Waals surface area contributed by atoms with E-state index in [-0.39, 0.29) is 6.61 Å². The van der Waals surface area contributed by atoms with Crippen molar-refractivity contribution in [3.05, 3.63) is 28.8 Å². The SMILES string of the molecule is CC(=O)NNC(=O)COC(=O)COc1c(C)cc(C)cc1C. The molecule has 0 bridgehead atoms. The molecule has 0 aliphatic heterocycles. The highest BCUT2D eigenvalue weighted by molar-refractivity contribution is 5.83. The standard InChI is InChI=1S/C15H20N2O5/c1-9-5-10(2)15(11(3)6-9)22-8-14(20)21-7-13(19)17-16-12(4)18/h5-6H,7-8H2,1-4H3,(H,16,18)(H,17,19). The molecule has 1 rings (SSSR count). The molecule has 0 aromatic heterocycles. The summed E-state index contributed by atoms with van der Waals surface area (Å²) >= 11 is 0. The Hall–Kier alpha value is -2.57. The summed E-state index contributed by atoms with van der Waals surface area (Å²) in [5.41, 5.74) is 7.13. The Balaban J connectivity index is 2.41. The summed E-state index contributed by atoms with van der Waals surface area (Å²) < 4.78 is 10.2. The fraction of sp³-hybridized carbons (Fsp3) is 0.400. The van der Waals surface area contributed by atoms with Crippen molar-refractivity contribution in [2.24, 2.45) is 0 Å². The fourth-order valence-corrected chi connectivity index (χ4v) is 1.91. The van der Waals surface area contributed by atoms with Crippen LogP contribution in [0, 0.1) is 20.8 Å². The minimum atomic E-state index is -0.669. The third-order valence-electron chi connectivity index (χ3n) is 2.68. The van der Waals surface area contributed by atoms with Crippen LogP contribution in [0.2, 0.25) is 0 Å². The largest absolute Gasteiger partial charge is 0.481 e. The van der Waals surface area contributed by atoms with E-state index in [0.717, 1.165) is 16.7 Å². The summed E-state index contributed by atoms with van der Waals surface area (Å²) in [4.78, 5) is 33.3. The first-order valence-electron chi connectivity index (χ1n) is 6.71. The molecule has 22 heavy (non-hydrogen) atoms. The number of hydrazine groups is 1. The second-order valence-corrected chi connectivity index (χ2v) is 4.91. The molecule has 0 heterocycles. The molecule has 1 aromatic rings. The van der Waals surface area contributed by atoms with Gasteiger partial charge in [0.1, 0.15) is 5.75 Å². The van der Waals surface area contributed by atoms with Gasteiger partial charge in [-0.05, 0) is 31.9 Å². The summed E-state index contributed by atoms with van der Waals surface area (Å²) in [6.07, 6.45) is 0. The van der Waals surface area contributed by atoms with E-state index < -0.39 is 24.4 Å². The highest BCUT2D eigenvalue weighted by Crippen LogP contribution is 2.24. The van der Waals surface area contributed by atoms with E-state index in [1.165, 1.54) is 6.92 Å². The minimum absolute atomic E-state index is 0.293. The molecule has 0 fully saturated rings. The van der Waals surface area contributed by atoms with Gasteiger partial charge in [0.15, 0.2) is 13.2 Å². The van der Waals surface area contributed by atoms with Crippen LogP contribution >= 0.6 is 0 Å². The van der Waals surface area contributed by atoms with Crippen molar-refractivity contribution in [1.82, 2.24) is 10.9 Å². The second-order valence-electron chi connectivity index (χ2n) is 4.91. The summed E-state index contributed by atoms with van der Waals surface area (Å²) in [5.74, 6) is -1.10. The maximum Gasteiger partial charge on any atom is 0.344 e. The summed E-state index contributed by atoms with van der Waals surface area (Å²) in [7, 11) is 0. The number of hydrogen-bond acceptors (Lipinski definition) is 5. The van der Waals surface area contributed by atoms with Gasteiger partial charge in [-0.1, -0.05) is 17.7 Å². The van der Waals surface area contributed by atoms with E-state index in [2.05, 4.69) is 10.9 Å². The van der Waals surface area contributed by atoms with E-state index in [1.807, 2.05) is 32.9 Å². The number of carbonyl (C=O) groups excluding carboxylic acids is 3. The Morgan fingerprint density at radius 1 is 1.00 bits per heavy atom. The molecule has 0 saturated heterocycles. The van der Waals surface area contributed by atoms with Crippen LogP contribution in [0.5, 0.6) is 5.75 Å². The smallest absolute Gasteiger partial charge is 0.344 e. The Bertz CT molecular complexity index is 560. The molecule has 0 atom stereocenters. The van der Waals surface area contributed by atoms with Gasteiger partial charge in [-0.3, -0.25) is 20.4 Å². The van der Waals surface area contributed by atoms with Crippen LogP contribution < -0.4 is 15.6 Å². The van der Waals surface area contributed by atoms with Crippen LogP contribution in [0.1, 0.15) is 23.6 Å². The number of carbonyl (C=O) groups is 3. The lowest BCUT2D eigenvalue weighted by Crippen LogP contribution is -2.42. The summed E-state index contributed by atoms with van der Waals surface area (Å²) in [5, 5.41) is 0. The van der Waals surface area contributed by atoms with Crippen molar-refractivity contribution < 1.29 is 23.9 Å². The quantitative estimate of drug-likeness (QED) is 0.617. The van der Waals surface area contributed by atoms with E-state index >= 15 is 0 Å². The number of ether oxygens (including phenoxy) is 2. The molecule has 0 aliphatic rings. The number of amides is 2. The van der Waals surface area contributed by atoms with Crippen molar-refractivity contribution in [1.29, 1.82) is 0 Å². The Labute approximate surface area is 128 Å². The van der Waals surface area contributed by atoms with Gasteiger partial charge >= 0.3 is 5.97 Å². The topological polar surface area (TPSA) is 93.7 Å². The number of aryl methyl sites for hydroxylation is 3. The van der Waals surface area contributed by atoms with Gasteiger partial charge < -0.3 is 9.47 Å². The van der Waals surface area contributed by atoms with Crippen molar-refractivity contribution in [2.45, 2.75) is 27.7 Å². The first-order valence-corrected chi connectivity index (χ1v) is 6.71. The minimum Gasteiger partial charge on any atom is -0.481 e. The van der Waals surface area contributed by atoms with Crippen molar-refractivity contribution in [2.75, 3.05) is 13.2 Å². The van der Waals surface area contributed by atoms with Crippen LogP contribution in [-0.4, -0.2) is 31.0 Å². The number of esters is 1. The Morgan fingerprint density at radius 2 is 1.59 bits per heavy atom. The van der Waals surface area contributed by atoms with Gasteiger partial charge in [-0.25, -0.2) is 4.79 Å². The summed E-state index contributed by atoms with van der Waals surface area (Å²) in [6, 6.07) is 3.91. The van der Waals surface area contributed by atoms with Crippen LogP contribution in [0.25, 0.3) is 0 Å². The van der Waals surface area contributed by atoms with E-state index in [9.17, 15) is 14.4 Å². The normalized spacial score (nSPS) is 9.82. The molecule has 7 nitrogen and oxygen atoms in total. The van der Waals surface area contributed by atoms with Gasteiger partial charge in [0.25, 0.3) is 5.91 Å². The molecule has 2 amide bonds. The molecule has 0 radical (unpaired) electrons. The fourth-order valence-electron chi connectivity index (χ4n) is 1.91. The van der Waals surface area contributed by atoms with Crippen LogP contribution in [0.3, 0.4) is 0 Å². The molecular formula is C15H20N2O5. The number of rotatable bonds is 5. The molecule has 0 saturated carbocycles. The molecule has 2 N–H and O–H groups in total. The van der Waals surface area contributed by atoms with Gasteiger partial charge in [0, 0.05) is 6.92 Å². The predicted octanol–water partition coefficient (Wildman–Crippen LogP) is 0.701. The molecule has 1 aromatic carbocycles. The third kappa shape index (κ3) is 5.82. The monoisotopic (exact) mass is 308 g/mol. The molecule has 0 unspecified atom stereocenters. The number of nitrogens with one attached hydrogen (secondary N) is 2. The van der Waals surface area contributed by atoms with Gasteiger partial charge in [-0.15, -0.1) is 0 Å². The molecule has 0 spiro atoms.